The number of hydrogen-bond acceptors (Lipinski definition) is 5. The van der Waals surface area contributed by atoms with E-state index in [0.717, 1.165) is 12.2 Å². The lowest BCUT2D eigenvalue weighted by Gasteiger charge is -2.04. The van der Waals surface area contributed by atoms with Crippen molar-refractivity contribution < 1.29 is 14.3 Å². The molecule has 0 unspecified atom stereocenters. The third-order valence-electron chi connectivity index (χ3n) is 2.95. The molecule has 0 heterocycles. The smallest absolute Gasteiger partial charge is 0.337 e. The fourth-order valence-corrected chi connectivity index (χ4v) is 1.86. The van der Waals surface area contributed by atoms with Crippen molar-refractivity contribution >= 4 is 28.9 Å². The molecule has 0 saturated carbocycles. The van der Waals surface area contributed by atoms with Gasteiger partial charge in [-0.15, -0.1) is 11.6 Å². The van der Waals surface area contributed by atoms with Gasteiger partial charge < -0.3 is 9.47 Å². The molecule has 2 aromatic rings. The second-order valence-electron chi connectivity index (χ2n) is 4.62. The second-order valence-corrected chi connectivity index (χ2v) is 5.00. The van der Waals surface area contributed by atoms with Crippen molar-refractivity contribution in [3.05, 3.63) is 54.1 Å². The molecule has 5 nitrogen and oxygen atoms in total. The minimum Gasteiger partial charge on any atom is -0.494 e. The van der Waals surface area contributed by atoms with Gasteiger partial charge in [0.05, 0.1) is 30.7 Å². The molecular weight excluding hydrogens is 316 g/mol. The molecule has 0 aliphatic rings. The van der Waals surface area contributed by atoms with Crippen LogP contribution in [-0.2, 0) is 4.74 Å². The highest BCUT2D eigenvalue weighted by Gasteiger charge is 2.03. The Bertz CT molecular complexity index is 655. The molecule has 0 aliphatic carbocycles. The van der Waals surface area contributed by atoms with Crippen LogP contribution >= 0.6 is 11.6 Å². The van der Waals surface area contributed by atoms with Gasteiger partial charge in [0, 0.05) is 5.88 Å². The van der Waals surface area contributed by atoms with Crippen LogP contribution in [0.4, 0.5) is 11.4 Å². The summed E-state index contributed by atoms with van der Waals surface area (Å²) in [6, 6.07) is 14.0. The first-order chi connectivity index (χ1) is 11.2. The lowest BCUT2D eigenvalue weighted by Crippen LogP contribution is -1.99. The molecule has 0 radical (unpaired) electrons. The number of alkyl halides is 1. The molecule has 2 rings (SSSR count). The van der Waals surface area contributed by atoms with E-state index in [2.05, 4.69) is 15.0 Å². The maximum absolute atomic E-state index is 11.3. The maximum Gasteiger partial charge on any atom is 0.337 e. The number of rotatable bonds is 7. The summed E-state index contributed by atoms with van der Waals surface area (Å²) in [5.74, 6) is 0.982. The summed E-state index contributed by atoms with van der Waals surface area (Å²) in [4.78, 5) is 11.3. The zero-order valence-electron chi connectivity index (χ0n) is 12.7. The SMILES string of the molecule is COC(=O)c1ccc(/N=N/c2ccc(OCCCCl)cc2)cc1. The number of carbonyl (C=O) groups excluding carboxylic acids is 1. The Morgan fingerprint density at radius 3 is 2.09 bits per heavy atom. The summed E-state index contributed by atoms with van der Waals surface area (Å²) < 4.78 is 10.1. The summed E-state index contributed by atoms with van der Waals surface area (Å²) >= 11 is 5.59. The third-order valence-corrected chi connectivity index (χ3v) is 3.22. The Kier molecular flexibility index (Phi) is 6.56. The van der Waals surface area contributed by atoms with Crippen molar-refractivity contribution in [2.24, 2.45) is 10.2 Å². The molecule has 6 heteroatoms. The molecule has 0 bridgehead atoms. The Hall–Kier alpha value is -2.40. The lowest BCUT2D eigenvalue weighted by molar-refractivity contribution is 0.0601. The molecule has 0 amide bonds. The number of ether oxygens (including phenoxy) is 2. The van der Waals surface area contributed by atoms with E-state index in [1.54, 1.807) is 24.3 Å². The van der Waals surface area contributed by atoms with Crippen molar-refractivity contribution in [1.82, 2.24) is 0 Å². The lowest BCUT2D eigenvalue weighted by atomic mass is 10.2. The monoisotopic (exact) mass is 332 g/mol. The molecule has 0 saturated heterocycles. The predicted octanol–water partition coefficient (Wildman–Crippen LogP) is 4.90. The Balaban J connectivity index is 1.95. The van der Waals surface area contributed by atoms with E-state index >= 15 is 0 Å². The van der Waals surface area contributed by atoms with Crippen LogP contribution in [0.5, 0.6) is 5.75 Å². The first kappa shape index (κ1) is 17.0. The number of halogens is 1. The fourth-order valence-electron chi connectivity index (χ4n) is 1.75. The van der Waals surface area contributed by atoms with Crippen LogP contribution in [0.2, 0.25) is 0 Å². The van der Waals surface area contributed by atoms with Gasteiger partial charge in [0.15, 0.2) is 0 Å². The van der Waals surface area contributed by atoms with E-state index in [0.29, 0.717) is 29.4 Å². The number of methoxy groups -OCH3 is 1. The Morgan fingerprint density at radius 2 is 1.57 bits per heavy atom. The average Bonchev–Trinajstić information content (AvgIpc) is 2.61. The minimum absolute atomic E-state index is 0.377. The summed E-state index contributed by atoms with van der Waals surface area (Å²) in [5, 5.41) is 8.26. The van der Waals surface area contributed by atoms with Crippen molar-refractivity contribution in [2.75, 3.05) is 19.6 Å². The first-order valence-corrected chi connectivity index (χ1v) is 7.65. The topological polar surface area (TPSA) is 60.2 Å². The van der Waals surface area contributed by atoms with Gasteiger partial charge in [-0.1, -0.05) is 0 Å². The Morgan fingerprint density at radius 1 is 1.00 bits per heavy atom. The van der Waals surface area contributed by atoms with Crippen LogP contribution in [0.15, 0.2) is 58.8 Å². The van der Waals surface area contributed by atoms with Gasteiger partial charge in [0.25, 0.3) is 0 Å². The van der Waals surface area contributed by atoms with E-state index in [1.807, 2.05) is 24.3 Å². The quantitative estimate of drug-likeness (QED) is 0.313. The molecular formula is C17H17ClN2O3. The molecule has 2 aromatic carbocycles. The highest BCUT2D eigenvalue weighted by Crippen LogP contribution is 2.21. The fraction of sp³-hybridized carbons (Fsp3) is 0.235. The van der Waals surface area contributed by atoms with Crippen LogP contribution in [0, 0.1) is 0 Å². The maximum atomic E-state index is 11.3. The summed E-state index contributed by atoms with van der Waals surface area (Å²) in [7, 11) is 1.35. The number of esters is 1. The minimum atomic E-state index is -0.377. The van der Waals surface area contributed by atoms with Crippen LogP contribution in [0.25, 0.3) is 0 Å². The van der Waals surface area contributed by atoms with Gasteiger partial charge >= 0.3 is 5.97 Å². The number of nitrogens with zero attached hydrogens (tertiary/aromatic N) is 2. The van der Waals surface area contributed by atoms with Crippen LogP contribution in [-0.4, -0.2) is 25.6 Å². The number of hydrogen-bond donors (Lipinski definition) is 0. The standard InChI is InChI=1S/C17H17ClN2O3/c1-22-17(21)13-3-5-14(6-4-13)19-20-15-7-9-16(10-8-15)23-12-2-11-18/h3-10H,2,11-12H2,1H3/b20-19+. The normalized spacial score (nSPS) is 10.7. The number of carbonyl (C=O) groups is 1. The molecule has 0 N–H and O–H groups in total. The predicted molar refractivity (Wildman–Crippen MR) is 89.2 cm³/mol. The second kappa shape index (κ2) is 8.90. The van der Waals surface area contributed by atoms with E-state index in [-0.39, 0.29) is 5.97 Å². The van der Waals surface area contributed by atoms with E-state index < -0.39 is 0 Å². The zero-order chi connectivity index (χ0) is 16.5. The molecule has 0 spiro atoms. The van der Waals surface area contributed by atoms with E-state index in [9.17, 15) is 4.79 Å². The Labute approximate surface area is 139 Å². The third kappa shape index (κ3) is 5.38. The summed E-state index contributed by atoms with van der Waals surface area (Å²) in [6.07, 6.45) is 0.810. The zero-order valence-corrected chi connectivity index (χ0v) is 13.5. The van der Waals surface area contributed by atoms with Crippen LogP contribution in [0.3, 0.4) is 0 Å². The van der Waals surface area contributed by atoms with Crippen molar-refractivity contribution in [2.45, 2.75) is 6.42 Å². The van der Waals surface area contributed by atoms with Crippen molar-refractivity contribution in [3.8, 4) is 5.75 Å². The number of benzene rings is 2. The molecule has 0 aliphatic heterocycles. The highest BCUT2D eigenvalue weighted by molar-refractivity contribution is 6.17. The van der Waals surface area contributed by atoms with Crippen molar-refractivity contribution in [1.29, 1.82) is 0 Å². The van der Waals surface area contributed by atoms with Crippen LogP contribution in [0.1, 0.15) is 16.8 Å². The van der Waals surface area contributed by atoms with Gasteiger partial charge in [0.2, 0.25) is 0 Å². The highest BCUT2D eigenvalue weighted by atomic mass is 35.5. The largest absolute Gasteiger partial charge is 0.494 e. The van der Waals surface area contributed by atoms with Crippen molar-refractivity contribution in [3.63, 3.8) is 0 Å². The van der Waals surface area contributed by atoms with Gasteiger partial charge in [-0.2, -0.15) is 10.2 Å². The molecule has 0 atom stereocenters. The van der Waals surface area contributed by atoms with Gasteiger partial charge in [-0.25, -0.2) is 4.79 Å². The van der Waals surface area contributed by atoms with E-state index in [4.69, 9.17) is 16.3 Å². The summed E-state index contributed by atoms with van der Waals surface area (Å²) in [6.45, 7) is 0.594. The van der Waals surface area contributed by atoms with Gasteiger partial charge in [-0.05, 0) is 55.0 Å². The molecule has 0 aromatic heterocycles. The molecule has 120 valence electrons. The number of azo groups is 1. The first-order valence-electron chi connectivity index (χ1n) is 7.12. The molecule has 23 heavy (non-hydrogen) atoms. The molecule has 0 fully saturated rings. The average molecular weight is 333 g/mol. The van der Waals surface area contributed by atoms with Gasteiger partial charge in [0.1, 0.15) is 5.75 Å². The van der Waals surface area contributed by atoms with E-state index in [1.165, 1.54) is 7.11 Å². The summed E-state index contributed by atoms with van der Waals surface area (Å²) in [5.41, 5.74) is 1.84. The van der Waals surface area contributed by atoms with Crippen LogP contribution < -0.4 is 4.74 Å². The van der Waals surface area contributed by atoms with Gasteiger partial charge in [-0.3, -0.25) is 0 Å².